The molecule has 29 heavy (non-hydrogen) atoms. The Kier molecular flexibility index (Phi) is 5.24. The van der Waals surface area contributed by atoms with Crippen LogP contribution in [0.25, 0.3) is 0 Å². The third-order valence-corrected chi connectivity index (χ3v) is 5.91. The zero-order chi connectivity index (χ0) is 20.6. The fourth-order valence-electron chi connectivity index (χ4n) is 3.86. The lowest BCUT2D eigenvalue weighted by atomic mass is 9.73. The summed E-state index contributed by atoms with van der Waals surface area (Å²) < 4.78 is 47.4. The minimum absolute atomic E-state index is 0.157. The Morgan fingerprint density at radius 2 is 2.07 bits per heavy atom. The molecule has 0 bridgehead atoms. The first-order chi connectivity index (χ1) is 13.8. The van der Waals surface area contributed by atoms with Gasteiger partial charge in [-0.15, -0.1) is 0 Å². The van der Waals surface area contributed by atoms with Crippen molar-refractivity contribution in [3.63, 3.8) is 0 Å². The molecular formula is C19H21F3N4O2S. The molecular weight excluding hydrogens is 405 g/mol. The molecule has 10 heteroatoms. The van der Waals surface area contributed by atoms with E-state index in [1.165, 1.54) is 6.07 Å². The highest BCUT2D eigenvalue weighted by molar-refractivity contribution is 7.71. The summed E-state index contributed by atoms with van der Waals surface area (Å²) in [5.74, 6) is 0.300. The van der Waals surface area contributed by atoms with Gasteiger partial charge in [0.25, 0.3) is 0 Å². The van der Waals surface area contributed by atoms with E-state index in [1.54, 1.807) is 6.07 Å². The highest BCUT2D eigenvalue weighted by Crippen LogP contribution is 2.39. The lowest BCUT2D eigenvalue weighted by Crippen LogP contribution is -2.48. The topological polar surface area (TPSA) is 71.9 Å². The predicted octanol–water partition coefficient (Wildman–Crippen LogP) is 3.66. The van der Waals surface area contributed by atoms with Crippen molar-refractivity contribution in [3.8, 4) is 0 Å². The van der Waals surface area contributed by atoms with Gasteiger partial charge in [-0.3, -0.25) is 14.5 Å². The summed E-state index contributed by atoms with van der Waals surface area (Å²) in [4.78, 5) is 13.2. The average Bonchev–Trinajstić information content (AvgIpc) is 3.48. The van der Waals surface area contributed by atoms with E-state index in [2.05, 4.69) is 15.5 Å². The Balaban J connectivity index is 1.60. The fraction of sp³-hybridized carbons (Fsp3) is 0.526. The number of H-pyrrole nitrogens is 1. The predicted molar refractivity (Wildman–Crippen MR) is 101 cm³/mol. The number of carbonyl (C=O) groups is 1. The number of aromatic nitrogens is 3. The second kappa shape index (κ2) is 7.56. The summed E-state index contributed by atoms with van der Waals surface area (Å²) in [5.41, 5.74) is -1.48. The van der Waals surface area contributed by atoms with E-state index in [0.29, 0.717) is 48.3 Å². The second-order valence-corrected chi connectivity index (χ2v) is 7.89. The summed E-state index contributed by atoms with van der Waals surface area (Å²) in [5, 5.41) is 9.82. The molecule has 1 saturated carbocycles. The van der Waals surface area contributed by atoms with Crippen molar-refractivity contribution in [2.75, 3.05) is 13.2 Å². The van der Waals surface area contributed by atoms with Crippen LogP contribution in [0.1, 0.15) is 48.7 Å². The number of ether oxygens (including phenoxy) is 1. The van der Waals surface area contributed by atoms with Gasteiger partial charge in [-0.1, -0.05) is 18.2 Å². The maximum absolute atomic E-state index is 13.2. The van der Waals surface area contributed by atoms with Gasteiger partial charge in [0.1, 0.15) is 0 Å². The van der Waals surface area contributed by atoms with Crippen LogP contribution < -0.4 is 5.32 Å². The summed E-state index contributed by atoms with van der Waals surface area (Å²) in [6, 6.07) is 5.32. The van der Waals surface area contributed by atoms with E-state index in [4.69, 9.17) is 17.0 Å². The Hall–Kier alpha value is -2.20. The third-order valence-electron chi connectivity index (χ3n) is 5.62. The van der Waals surface area contributed by atoms with Crippen LogP contribution in [0.4, 0.5) is 13.2 Å². The van der Waals surface area contributed by atoms with Crippen LogP contribution in [-0.4, -0.2) is 33.9 Å². The molecule has 0 spiro atoms. The van der Waals surface area contributed by atoms with Crippen molar-refractivity contribution in [1.82, 2.24) is 20.1 Å². The van der Waals surface area contributed by atoms with E-state index in [0.717, 1.165) is 25.0 Å². The third kappa shape index (κ3) is 3.95. The molecule has 1 aromatic carbocycles. The molecule has 1 amide bonds. The summed E-state index contributed by atoms with van der Waals surface area (Å²) in [6.45, 7) is 0.777. The zero-order valence-corrected chi connectivity index (χ0v) is 16.4. The number of carbonyl (C=O) groups excluding carboxylic acids is 1. The number of nitrogens with zero attached hydrogens (tertiary/aromatic N) is 2. The Labute approximate surface area is 170 Å². The van der Waals surface area contributed by atoms with Gasteiger partial charge in [-0.2, -0.15) is 18.3 Å². The van der Waals surface area contributed by atoms with Gasteiger partial charge in [-0.05, 0) is 49.5 Å². The van der Waals surface area contributed by atoms with Gasteiger partial charge in [0.05, 0.1) is 17.5 Å². The van der Waals surface area contributed by atoms with Crippen molar-refractivity contribution < 1.29 is 22.7 Å². The van der Waals surface area contributed by atoms with E-state index in [1.807, 2.05) is 4.57 Å². The Morgan fingerprint density at radius 1 is 1.34 bits per heavy atom. The van der Waals surface area contributed by atoms with Gasteiger partial charge >= 0.3 is 6.18 Å². The van der Waals surface area contributed by atoms with E-state index in [-0.39, 0.29) is 12.5 Å². The van der Waals surface area contributed by atoms with E-state index in [9.17, 15) is 18.0 Å². The van der Waals surface area contributed by atoms with Crippen molar-refractivity contribution in [2.24, 2.45) is 0 Å². The van der Waals surface area contributed by atoms with Crippen LogP contribution in [0.2, 0.25) is 0 Å². The van der Waals surface area contributed by atoms with Crippen LogP contribution in [0.3, 0.4) is 0 Å². The van der Waals surface area contributed by atoms with E-state index >= 15 is 0 Å². The van der Waals surface area contributed by atoms with Gasteiger partial charge in [0, 0.05) is 19.3 Å². The summed E-state index contributed by atoms with van der Waals surface area (Å²) >= 11 is 5.25. The summed E-state index contributed by atoms with van der Waals surface area (Å²) in [7, 11) is 0. The fourth-order valence-corrected chi connectivity index (χ4v) is 4.16. The molecule has 2 N–H and O–H groups in total. The number of amides is 1. The molecule has 4 rings (SSSR count). The highest BCUT2D eigenvalue weighted by atomic mass is 32.1. The molecule has 1 saturated heterocycles. The summed E-state index contributed by atoms with van der Waals surface area (Å²) in [6.07, 6.45) is -1.81. The maximum Gasteiger partial charge on any atom is 0.416 e. The molecule has 6 nitrogen and oxygen atoms in total. The van der Waals surface area contributed by atoms with Crippen molar-refractivity contribution in [3.05, 3.63) is 46.0 Å². The van der Waals surface area contributed by atoms with Crippen LogP contribution in [0.15, 0.2) is 24.3 Å². The number of hydrogen-bond donors (Lipinski definition) is 2. The SMILES string of the molecule is O=C(NCc1n[nH]c(=S)n1C1CC1)C1(c2cccc(C(F)(F)F)c2)CCOCC1. The number of rotatable bonds is 5. The van der Waals surface area contributed by atoms with Gasteiger partial charge < -0.3 is 10.1 Å². The zero-order valence-electron chi connectivity index (χ0n) is 15.6. The molecule has 156 valence electrons. The number of alkyl halides is 3. The highest BCUT2D eigenvalue weighted by Gasteiger charge is 2.43. The quantitative estimate of drug-likeness (QED) is 0.716. The standard InChI is InChI=1S/C19H21F3N4O2S/c20-19(21,22)13-3-1-2-12(10-13)18(6-8-28-9-7-18)16(27)23-11-15-24-25-17(29)26(15)14-4-5-14/h1-3,10,14H,4-9,11H2,(H,23,27)(H,25,29). The van der Waals surface area contributed by atoms with Crippen LogP contribution in [0, 0.1) is 4.77 Å². The lowest BCUT2D eigenvalue weighted by Gasteiger charge is -2.36. The van der Waals surface area contributed by atoms with Crippen LogP contribution in [0.5, 0.6) is 0 Å². The second-order valence-electron chi connectivity index (χ2n) is 7.50. The van der Waals surface area contributed by atoms with Crippen molar-refractivity contribution in [2.45, 2.75) is 49.9 Å². The largest absolute Gasteiger partial charge is 0.416 e. The van der Waals surface area contributed by atoms with Gasteiger partial charge in [0.2, 0.25) is 5.91 Å². The first-order valence-corrected chi connectivity index (χ1v) is 9.92. The molecule has 2 fully saturated rings. The normalized spacial score (nSPS) is 19.1. The van der Waals surface area contributed by atoms with Gasteiger partial charge in [-0.25, -0.2) is 0 Å². The number of aromatic amines is 1. The first-order valence-electron chi connectivity index (χ1n) is 9.51. The molecule has 2 aromatic rings. The monoisotopic (exact) mass is 426 g/mol. The number of hydrogen-bond acceptors (Lipinski definition) is 4. The number of halogens is 3. The smallest absolute Gasteiger partial charge is 0.381 e. The van der Waals surface area contributed by atoms with Crippen molar-refractivity contribution in [1.29, 1.82) is 0 Å². The lowest BCUT2D eigenvalue weighted by molar-refractivity contribution is -0.138. The average molecular weight is 426 g/mol. The molecule has 1 aliphatic heterocycles. The minimum Gasteiger partial charge on any atom is -0.381 e. The molecule has 2 heterocycles. The Morgan fingerprint density at radius 3 is 2.72 bits per heavy atom. The van der Waals surface area contributed by atoms with Gasteiger partial charge in [0.15, 0.2) is 10.6 Å². The molecule has 1 aromatic heterocycles. The first kappa shape index (κ1) is 20.1. The molecule has 2 aliphatic rings. The molecule has 0 radical (unpaired) electrons. The number of nitrogens with one attached hydrogen (secondary N) is 2. The van der Waals surface area contributed by atoms with Crippen LogP contribution in [-0.2, 0) is 27.7 Å². The van der Waals surface area contributed by atoms with E-state index < -0.39 is 17.2 Å². The molecule has 0 atom stereocenters. The van der Waals surface area contributed by atoms with Crippen molar-refractivity contribution >= 4 is 18.1 Å². The van der Waals surface area contributed by atoms with Crippen LogP contribution >= 0.6 is 12.2 Å². The Bertz CT molecular complexity index is 959. The number of benzene rings is 1. The minimum atomic E-state index is -4.47. The molecule has 0 unspecified atom stereocenters. The molecule has 1 aliphatic carbocycles. The maximum atomic E-state index is 13.2.